The minimum absolute atomic E-state index is 0.116. The van der Waals surface area contributed by atoms with Gasteiger partial charge in [-0.1, -0.05) is 194 Å². The van der Waals surface area contributed by atoms with E-state index in [4.69, 9.17) is 4.42 Å². The fraction of sp³-hybridized carbons (Fsp3) is 0. The van der Waals surface area contributed by atoms with Gasteiger partial charge in [-0.05, 0) is 118 Å². The van der Waals surface area contributed by atoms with Gasteiger partial charge in [-0.25, -0.2) is 0 Å². The molecule has 93 heavy (non-hydrogen) atoms. The number of hydrogen-bond acceptors (Lipinski definition) is 3. The Morgan fingerprint density at radius 3 is 0.903 bits per heavy atom. The number of furan rings is 1. The minimum atomic E-state index is -0.116. The molecule has 0 bridgehead atoms. The van der Waals surface area contributed by atoms with E-state index < -0.39 is 0 Å². The largest absolute Gasteiger partial charge is 0.456 e. The van der Waals surface area contributed by atoms with Gasteiger partial charge in [0.2, 0.25) is 0 Å². The standard InChI is InChI=1S/C84H48B2N6O/c1-3-21-49(22-4-1)87-73-47-79-61(45-65(73)85-63-33-19-31-59-57-29-11-17-39-71(57)91(83(59)63)77-43-51(41-75(87)81(77)85)89-67-35-13-7-25-53(67)54-26-8-14-36-68(54)89)62-46-66-74(48-80(62)93-79)88(50-23-5-2-6-24-50)76-42-52(90-69-37-15-9-27-55(69)56-28-10-16-38-70(56)90)44-78-82(76)86(66)64-34-20-32-60-58-30-12-18-40-72(58)92(78)84(60)64/h1-48H. The summed E-state index contributed by atoms with van der Waals surface area (Å²) in [6, 6.07) is 109. The zero-order valence-electron chi connectivity index (χ0n) is 50.0. The molecule has 14 aromatic carbocycles. The predicted molar refractivity (Wildman–Crippen MR) is 390 cm³/mol. The van der Waals surface area contributed by atoms with Crippen LogP contribution in [0.15, 0.2) is 296 Å². The molecule has 0 aliphatic carbocycles. The molecule has 0 fully saturated rings. The van der Waals surface area contributed by atoms with Crippen LogP contribution < -0.4 is 42.6 Å². The number of benzene rings is 14. The molecule has 9 heterocycles. The van der Waals surface area contributed by atoms with Gasteiger partial charge < -0.3 is 32.5 Å². The highest BCUT2D eigenvalue weighted by Crippen LogP contribution is 2.49. The third-order valence-corrected chi connectivity index (χ3v) is 21.4. The Morgan fingerprint density at radius 2 is 0.527 bits per heavy atom. The SMILES string of the molecule is c1ccc(N2c3cc4oc5cc6c(cc5c4cc3B3c4c2cc(-n2c5ccccc5c5ccccc52)cc4-n2c4ccccc4c4cccc3c42)B2c3c(cc(-n4c5ccccc5c5ccccc54)cc3-n3c4ccccc4c4cccc2c43)N6c2ccccc2)cc1. The summed E-state index contributed by atoms with van der Waals surface area (Å²) < 4.78 is 17.7. The molecule has 0 N–H and O–H groups in total. The van der Waals surface area contributed by atoms with Gasteiger partial charge in [-0.15, -0.1) is 0 Å². The lowest BCUT2D eigenvalue weighted by Crippen LogP contribution is -2.60. The lowest BCUT2D eigenvalue weighted by atomic mass is 9.33. The molecule has 5 aromatic heterocycles. The number of para-hydroxylation sites is 10. The zero-order valence-corrected chi connectivity index (χ0v) is 50.0. The molecule has 0 radical (unpaired) electrons. The highest BCUT2D eigenvalue weighted by molar-refractivity contribution is 7.01. The summed E-state index contributed by atoms with van der Waals surface area (Å²) in [6.45, 7) is -0.233. The lowest BCUT2D eigenvalue weighted by Gasteiger charge is -2.41. The van der Waals surface area contributed by atoms with Gasteiger partial charge in [0.15, 0.2) is 0 Å². The number of fused-ring (bicyclic) bond motifs is 23. The third kappa shape index (κ3) is 6.08. The van der Waals surface area contributed by atoms with E-state index in [0.717, 1.165) is 67.4 Å². The van der Waals surface area contributed by atoms with Crippen LogP contribution in [0.1, 0.15) is 0 Å². The van der Waals surface area contributed by atoms with Crippen molar-refractivity contribution in [3.63, 3.8) is 0 Å². The number of nitrogens with zero attached hydrogens (tertiary/aromatic N) is 6. The van der Waals surface area contributed by atoms with Crippen molar-refractivity contribution < 1.29 is 4.42 Å². The van der Waals surface area contributed by atoms with Crippen molar-refractivity contribution in [2.24, 2.45) is 0 Å². The van der Waals surface area contributed by atoms with Crippen LogP contribution >= 0.6 is 0 Å². The first-order valence-electron chi connectivity index (χ1n) is 32.3. The minimum Gasteiger partial charge on any atom is -0.456 e. The van der Waals surface area contributed by atoms with Crippen LogP contribution in [0, 0.1) is 0 Å². The van der Waals surface area contributed by atoms with Crippen LogP contribution in [0.25, 0.3) is 132 Å². The van der Waals surface area contributed by atoms with E-state index in [9.17, 15) is 0 Å². The molecule has 7 nitrogen and oxygen atoms in total. The van der Waals surface area contributed by atoms with Crippen molar-refractivity contribution in [2.75, 3.05) is 9.80 Å². The molecule has 0 saturated carbocycles. The van der Waals surface area contributed by atoms with Crippen molar-refractivity contribution in [1.82, 2.24) is 18.3 Å². The van der Waals surface area contributed by atoms with Crippen LogP contribution in [0.3, 0.4) is 0 Å². The Balaban J connectivity index is 0.825. The van der Waals surface area contributed by atoms with Gasteiger partial charge in [0.05, 0.1) is 44.5 Å². The van der Waals surface area contributed by atoms with Crippen molar-refractivity contribution in [1.29, 1.82) is 0 Å². The van der Waals surface area contributed by atoms with Gasteiger partial charge in [0.25, 0.3) is 13.4 Å². The van der Waals surface area contributed by atoms with Gasteiger partial charge >= 0.3 is 0 Å². The van der Waals surface area contributed by atoms with Crippen molar-refractivity contribution in [2.45, 2.75) is 0 Å². The molecule has 19 aromatic rings. The van der Waals surface area contributed by atoms with Crippen LogP contribution in [-0.2, 0) is 0 Å². The van der Waals surface area contributed by atoms with Gasteiger partial charge in [0.1, 0.15) is 11.2 Å². The Labute approximate surface area is 532 Å². The molecule has 0 saturated heterocycles. The molecule has 23 rings (SSSR count). The second kappa shape index (κ2) is 17.4. The highest BCUT2D eigenvalue weighted by Gasteiger charge is 2.46. The quantitative estimate of drug-likeness (QED) is 0.165. The van der Waals surface area contributed by atoms with E-state index in [1.807, 2.05) is 0 Å². The maximum atomic E-state index is 7.54. The Kier molecular flexibility index (Phi) is 9.11. The summed E-state index contributed by atoms with van der Waals surface area (Å²) >= 11 is 0. The molecular formula is C84H48B2N6O. The summed E-state index contributed by atoms with van der Waals surface area (Å²) in [5.41, 5.74) is 30.3. The lowest BCUT2D eigenvalue weighted by molar-refractivity contribution is 0.669. The van der Waals surface area contributed by atoms with Crippen LogP contribution in [0.4, 0.5) is 34.1 Å². The van der Waals surface area contributed by atoms with E-state index in [1.54, 1.807) is 0 Å². The molecule has 9 heteroatoms. The molecule has 0 amide bonds. The average Bonchev–Trinajstić information content (AvgIpc) is 1.69. The molecular weight excluding hydrogens is 1130 g/mol. The zero-order chi connectivity index (χ0) is 60.1. The molecule has 0 atom stereocenters. The monoisotopic (exact) mass is 1180 g/mol. The smallest absolute Gasteiger partial charge is 0.252 e. The summed E-state index contributed by atoms with van der Waals surface area (Å²) in [6.07, 6.45) is 0. The van der Waals surface area contributed by atoms with Crippen LogP contribution in [0.5, 0.6) is 0 Å². The summed E-state index contributed by atoms with van der Waals surface area (Å²) in [5.74, 6) is 0. The Morgan fingerprint density at radius 1 is 0.215 bits per heavy atom. The normalized spacial score (nSPS) is 13.5. The van der Waals surface area contributed by atoms with Crippen molar-refractivity contribution in [3.05, 3.63) is 291 Å². The first-order valence-corrected chi connectivity index (χ1v) is 32.3. The van der Waals surface area contributed by atoms with Crippen LogP contribution in [-0.4, -0.2) is 31.7 Å². The van der Waals surface area contributed by atoms with Gasteiger partial charge in [-0.2, -0.15) is 0 Å². The number of hydrogen-bond donors (Lipinski definition) is 0. The van der Waals surface area contributed by atoms with Crippen molar-refractivity contribution in [3.8, 4) is 22.7 Å². The first kappa shape index (κ1) is 48.7. The van der Waals surface area contributed by atoms with Crippen LogP contribution in [0.2, 0.25) is 0 Å². The van der Waals surface area contributed by atoms with E-state index in [-0.39, 0.29) is 13.4 Å². The third-order valence-electron chi connectivity index (χ3n) is 21.4. The molecule has 4 aliphatic heterocycles. The predicted octanol–water partition coefficient (Wildman–Crippen LogP) is 17.2. The highest BCUT2D eigenvalue weighted by atomic mass is 16.3. The number of anilines is 6. The maximum Gasteiger partial charge on any atom is 0.252 e. The van der Waals surface area contributed by atoms with Crippen molar-refractivity contribution >= 4 is 189 Å². The number of rotatable bonds is 4. The van der Waals surface area contributed by atoms with E-state index in [2.05, 4.69) is 319 Å². The second-order valence-electron chi connectivity index (χ2n) is 25.9. The molecule has 0 spiro atoms. The second-order valence-corrected chi connectivity index (χ2v) is 25.9. The fourth-order valence-electron chi connectivity index (χ4n) is 17.9. The maximum absolute atomic E-state index is 7.54. The van der Waals surface area contributed by atoms with Gasteiger partial charge in [0, 0.05) is 123 Å². The van der Waals surface area contributed by atoms with E-state index in [1.165, 1.54) is 131 Å². The topological polar surface area (TPSA) is 39.3 Å². The summed E-state index contributed by atoms with van der Waals surface area (Å²) in [4.78, 5) is 5.06. The van der Waals surface area contributed by atoms with E-state index >= 15 is 0 Å². The van der Waals surface area contributed by atoms with Gasteiger partial charge in [-0.3, -0.25) is 0 Å². The molecule has 0 unspecified atom stereocenters. The summed E-state index contributed by atoms with van der Waals surface area (Å²) in [5, 5.41) is 12.2. The number of aromatic nitrogens is 4. The fourth-order valence-corrected chi connectivity index (χ4v) is 17.9. The Hall–Kier alpha value is -12.2. The molecule has 4 aliphatic rings. The summed E-state index contributed by atoms with van der Waals surface area (Å²) in [7, 11) is 0. The average molecular weight is 1180 g/mol. The Bertz CT molecular complexity index is 6100. The van der Waals surface area contributed by atoms with E-state index in [0.29, 0.717) is 0 Å². The molecule has 426 valence electrons. The first-order chi connectivity index (χ1) is 46.2.